The van der Waals surface area contributed by atoms with Gasteiger partial charge in [0, 0.05) is 20.2 Å². The number of nitrogens with zero attached hydrogens (tertiary/aromatic N) is 1. The van der Waals surface area contributed by atoms with Crippen LogP contribution in [0.5, 0.6) is 11.5 Å². The van der Waals surface area contributed by atoms with Crippen molar-refractivity contribution in [3.8, 4) is 11.5 Å². The Morgan fingerprint density at radius 1 is 1.21 bits per heavy atom. The molecule has 0 bridgehead atoms. The summed E-state index contributed by atoms with van der Waals surface area (Å²) in [6.45, 7) is 2.16. The first-order valence-corrected chi connectivity index (χ1v) is 6.28. The van der Waals surface area contributed by atoms with Crippen molar-refractivity contribution in [1.29, 1.82) is 0 Å². The Balaban J connectivity index is 2.29. The average molecular weight is 269 g/mol. The van der Waals surface area contributed by atoms with E-state index in [1.165, 1.54) is 0 Å². The Bertz CT molecular complexity index is 359. The smallest absolute Gasteiger partial charge is 0.161 e. The molecule has 5 nitrogen and oxygen atoms in total. The molecule has 5 heteroatoms. The molecule has 0 aromatic heterocycles. The predicted molar refractivity (Wildman–Crippen MR) is 73.9 cm³/mol. The van der Waals surface area contributed by atoms with Crippen LogP contribution < -0.4 is 9.47 Å². The molecular weight excluding hydrogens is 246 g/mol. The third-order valence-corrected chi connectivity index (χ3v) is 2.68. The van der Waals surface area contributed by atoms with Gasteiger partial charge in [0.05, 0.1) is 19.8 Å². The van der Waals surface area contributed by atoms with Crippen LogP contribution in [0.4, 0.5) is 0 Å². The first-order valence-electron chi connectivity index (χ1n) is 6.28. The summed E-state index contributed by atoms with van der Waals surface area (Å²) in [5.41, 5.74) is 0. The lowest BCUT2D eigenvalue weighted by molar-refractivity contribution is 0.0409. The molecule has 1 aromatic rings. The number of likely N-dealkylation sites (N-methyl/N-ethyl adjacent to an activating group) is 1. The predicted octanol–water partition coefficient (Wildman–Crippen LogP) is 1.01. The maximum atomic E-state index is 9.59. The molecule has 0 fully saturated rings. The van der Waals surface area contributed by atoms with E-state index in [2.05, 4.69) is 0 Å². The van der Waals surface area contributed by atoms with Crippen LogP contribution in [0.15, 0.2) is 24.3 Å². The molecule has 1 rings (SSSR count). The molecule has 108 valence electrons. The molecule has 19 heavy (non-hydrogen) atoms. The minimum Gasteiger partial charge on any atom is -0.493 e. The van der Waals surface area contributed by atoms with Gasteiger partial charge in [0.15, 0.2) is 11.5 Å². The van der Waals surface area contributed by atoms with Crippen LogP contribution >= 0.6 is 0 Å². The number of aliphatic hydroxyl groups excluding tert-OH is 1. The summed E-state index contributed by atoms with van der Waals surface area (Å²) < 4.78 is 15.7. The number of hydrogen-bond acceptors (Lipinski definition) is 5. The maximum Gasteiger partial charge on any atom is 0.161 e. The first kappa shape index (κ1) is 15.8. The van der Waals surface area contributed by atoms with Crippen molar-refractivity contribution in [3.05, 3.63) is 24.3 Å². The zero-order valence-corrected chi connectivity index (χ0v) is 11.8. The van der Waals surface area contributed by atoms with Gasteiger partial charge in [-0.05, 0) is 19.2 Å². The molecule has 0 amide bonds. The van der Waals surface area contributed by atoms with Crippen molar-refractivity contribution in [2.75, 3.05) is 47.6 Å². The summed E-state index contributed by atoms with van der Waals surface area (Å²) in [5.74, 6) is 1.46. The lowest BCUT2D eigenvalue weighted by atomic mass is 10.3. The molecule has 0 aliphatic rings. The fourth-order valence-electron chi connectivity index (χ4n) is 1.75. The lowest BCUT2D eigenvalue weighted by Crippen LogP contribution is -2.34. The number of ether oxygens (including phenoxy) is 3. The number of hydrogen-bond donors (Lipinski definition) is 1. The molecule has 0 spiro atoms. The molecule has 1 aromatic carbocycles. The number of para-hydroxylation sites is 2. The second-order valence-electron chi connectivity index (χ2n) is 4.37. The SMILES string of the molecule is COCC(O)CN(C)CCOc1ccccc1OC. The molecule has 0 saturated carbocycles. The van der Waals surface area contributed by atoms with E-state index in [1.54, 1.807) is 14.2 Å². The Kier molecular flexibility index (Phi) is 7.25. The highest BCUT2D eigenvalue weighted by molar-refractivity contribution is 5.39. The van der Waals surface area contributed by atoms with Crippen LogP contribution in [0.3, 0.4) is 0 Å². The van der Waals surface area contributed by atoms with Crippen molar-refractivity contribution < 1.29 is 19.3 Å². The van der Waals surface area contributed by atoms with Gasteiger partial charge in [-0.15, -0.1) is 0 Å². The standard InChI is InChI=1S/C14H23NO4/c1-15(10-12(16)11-17-2)8-9-19-14-7-5-4-6-13(14)18-3/h4-7,12,16H,8-11H2,1-3H3. The van der Waals surface area contributed by atoms with E-state index in [-0.39, 0.29) is 0 Å². The molecule has 0 aliphatic heterocycles. The van der Waals surface area contributed by atoms with E-state index in [0.717, 1.165) is 18.0 Å². The Labute approximate surface area is 114 Å². The Morgan fingerprint density at radius 2 is 1.89 bits per heavy atom. The van der Waals surface area contributed by atoms with Gasteiger partial charge in [-0.3, -0.25) is 0 Å². The van der Waals surface area contributed by atoms with Crippen molar-refractivity contribution in [3.63, 3.8) is 0 Å². The maximum absolute atomic E-state index is 9.59. The summed E-state index contributed by atoms with van der Waals surface area (Å²) in [7, 11) is 5.13. The van der Waals surface area contributed by atoms with Gasteiger partial charge in [-0.2, -0.15) is 0 Å². The Hall–Kier alpha value is -1.30. The summed E-state index contributed by atoms with van der Waals surface area (Å²) in [6, 6.07) is 7.54. The molecular formula is C14H23NO4. The summed E-state index contributed by atoms with van der Waals surface area (Å²) in [5, 5.41) is 9.59. The fraction of sp³-hybridized carbons (Fsp3) is 0.571. The molecule has 0 heterocycles. The average Bonchev–Trinajstić information content (AvgIpc) is 2.39. The van der Waals surface area contributed by atoms with Gasteiger partial charge < -0.3 is 24.2 Å². The van der Waals surface area contributed by atoms with Gasteiger partial charge >= 0.3 is 0 Å². The molecule has 1 N–H and O–H groups in total. The van der Waals surface area contributed by atoms with Crippen LogP contribution in [0, 0.1) is 0 Å². The number of benzene rings is 1. The Morgan fingerprint density at radius 3 is 2.53 bits per heavy atom. The summed E-state index contributed by atoms with van der Waals surface area (Å²) in [6.07, 6.45) is -0.471. The monoisotopic (exact) mass is 269 g/mol. The van der Waals surface area contributed by atoms with Crippen molar-refractivity contribution in [2.24, 2.45) is 0 Å². The van der Waals surface area contributed by atoms with Crippen molar-refractivity contribution >= 4 is 0 Å². The number of methoxy groups -OCH3 is 2. The highest BCUT2D eigenvalue weighted by atomic mass is 16.5. The molecule has 1 atom stereocenters. The second kappa shape index (κ2) is 8.74. The van der Waals surface area contributed by atoms with Gasteiger partial charge in [0.25, 0.3) is 0 Å². The fourth-order valence-corrected chi connectivity index (χ4v) is 1.75. The van der Waals surface area contributed by atoms with Crippen LogP contribution in [-0.2, 0) is 4.74 Å². The van der Waals surface area contributed by atoms with Crippen molar-refractivity contribution in [1.82, 2.24) is 4.90 Å². The third-order valence-electron chi connectivity index (χ3n) is 2.68. The van der Waals surface area contributed by atoms with Crippen LogP contribution in [-0.4, -0.2) is 63.7 Å². The quantitative estimate of drug-likeness (QED) is 0.725. The molecule has 1 unspecified atom stereocenters. The van der Waals surface area contributed by atoms with Gasteiger partial charge in [-0.25, -0.2) is 0 Å². The zero-order chi connectivity index (χ0) is 14.1. The second-order valence-corrected chi connectivity index (χ2v) is 4.37. The first-order chi connectivity index (χ1) is 9.17. The van der Waals surface area contributed by atoms with Gasteiger partial charge in [0.1, 0.15) is 6.61 Å². The highest BCUT2D eigenvalue weighted by Crippen LogP contribution is 2.25. The zero-order valence-electron chi connectivity index (χ0n) is 11.8. The van der Waals surface area contributed by atoms with Crippen LogP contribution in [0.1, 0.15) is 0 Å². The topological polar surface area (TPSA) is 51.2 Å². The van der Waals surface area contributed by atoms with Crippen LogP contribution in [0.2, 0.25) is 0 Å². The number of aliphatic hydroxyl groups is 1. The van der Waals surface area contributed by atoms with E-state index < -0.39 is 6.10 Å². The largest absolute Gasteiger partial charge is 0.493 e. The normalized spacial score (nSPS) is 12.5. The minimum absolute atomic E-state index is 0.345. The molecule has 0 aliphatic carbocycles. The van der Waals surface area contributed by atoms with Crippen molar-refractivity contribution in [2.45, 2.75) is 6.10 Å². The van der Waals surface area contributed by atoms with E-state index in [9.17, 15) is 5.11 Å². The van der Waals surface area contributed by atoms with E-state index in [4.69, 9.17) is 14.2 Å². The molecule has 0 saturated heterocycles. The minimum atomic E-state index is -0.471. The van der Waals surface area contributed by atoms with E-state index in [0.29, 0.717) is 19.8 Å². The highest BCUT2D eigenvalue weighted by Gasteiger charge is 2.08. The lowest BCUT2D eigenvalue weighted by Gasteiger charge is -2.20. The summed E-state index contributed by atoms with van der Waals surface area (Å²) >= 11 is 0. The van der Waals surface area contributed by atoms with E-state index >= 15 is 0 Å². The van der Waals surface area contributed by atoms with Gasteiger partial charge in [0.2, 0.25) is 0 Å². The molecule has 0 radical (unpaired) electrons. The van der Waals surface area contributed by atoms with Crippen LogP contribution in [0.25, 0.3) is 0 Å². The third kappa shape index (κ3) is 5.92. The van der Waals surface area contributed by atoms with Gasteiger partial charge in [-0.1, -0.05) is 12.1 Å². The summed E-state index contributed by atoms with van der Waals surface area (Å²) in [4.78, 5) is 2.00. The van der Waals surface area contributed by atoms with E-state index in [1.807, 2.05) is 36.2 Å². The number of rotatable bonds is 9.